The SMILES string of the molecule is Cc1cc(NC=C2C(=O)OC(C)(C)OC2=O)ccc1NC(=O)c1ccccc1. The average Bonchev–Trinajstić information content (AvgIpc) is 2.63. The molecular formula is C21H20N2O5. The number of nitrogens with one attached hydrogen (secondary N) is 2. The second kappa shape index (κ2) is 7.56. The van der Waals surface area contributed by atoms with Crippen molar-refractivity contribution in [1.29, 1.82) is 0 Å². The quantitative estimate of drug-likeness (QED) is 0.480. The first-order valence-corrected chi connectivity index (χ1v) is 8.65. The highest BCUT2D eigenvalue weighted by atomic mass is 16.7. The molecule has 0 radical (unpaired) electrons. The summed E-state index contributed by atoms with van der Waals surface area (Å²) in [7, 11) is 0. The van der Waals surface area contributed by atoms with Crippen molar-refractivity contribution >= 4 is 29.2 Å². The average molecular weight is 380 g/mol. The fourth-order valence-electron chi connectivity index (χ4n) is 2.61. The summed E-state index contributed by atoms with van der Waals surface area (Å²) in [4.78, 5) is 36.1. The van der Waals surface area contributed by atoms with Crippen molar-refractivity contribution in [3.05, 3.63) is 71.4 Å². The molecule has 2 aromatic rings. The number of carbonyl (C=O) groups excluding carboxylic acids is 3. The first-order chi connectivity index (χ1) is 13.2. The number of carbonyl (C=O) groups is 3. The van der Waals surface area contributed by atoms with Crippen LogP contribution in [0.1, 0.15) is 29.8 Å². The van der Waals surface area contributed by atoms with E-state index in [-0.39, 0.29) is 11.5 Å². The zero-order chi connectivity index (χ0) is 20.3. The lowest BCUT2D eigenvalue weighted by Gasteiger charge is -2.29. The van der Waals surface area contributed by atoms with Crippen molar-refractivity contribution in [2.75, 3.05) is 10.6 Å². The molecule has 7 nitrogen and oxygen atoms in total. The van der Waals surface area contributed by atoms with E-state index in [9.17, 15) is 14.4 Å². The van der Waals surface area contributed by atoms with Crippen molar-refractivity contribution in [3.8, 4) is 0 Å². The summed E-state index contributed by atoms with van der Waals surface area (Å²) in [5, 5.41) is 5.73. The molecular weight excluding hydrogens is 360 g/mol. The van der Waals surface area contributed by atoms with E-state index in [1.165, 1.54) is 20.0 Å². The molecule has 2 aromatic carbocycles. The van der Waals surface area contributed by atoms with Crippen LogP contribution in [0.15, 0.2) is 60.3 Å². The fraction of sp³-hybridized carbons (Fsp3) is 0.190. The molecule has 0 spiro atoms. The second-order valence-electron chi connectivity index (χ2n) is 6.73. The number of cyclic esters (lactones) is 2. The predicted molar refractivity (Wildman–Crippen MR) is 104 cm³/mol. The van der Waals surface area contributed by atoms with Gasteiger partial charge in [-0.2, -0.15) is 0 Å². The first kappa shape index (κ1) is 19.2. The van der Waals surface area contributed by atoms with Crippen LogP contribution < -0.4 is 10.6 Å². The Morgan fingerprint density at radius 1 is 1.00 bits per heavy atom. The number of esters is 2. The van der Waals surface area contributed by atoms with Crippen LogP contribution in [0, 0.1) is 6.92 Å². The number of amides is 1. The number of anilines is 2. The maximum absolute atomic E-state index is 12.3. The number of hydrogen-bond donors (Lipinski definition) is 2. The summed E-state index contributed by atoms with van der Waals surface area (Å²) in [5.74, 6) is -2.99. The van der Waals surface area contributed by atoms with Crippen LogP contribution in [0.25, 0.3) is 0 Å². The monoisotopic (exact) mass is 380 g/mol. The van der Waals surface area contributed by atoms with Gasteiger partial charge in [0.1, 0.15) is 0 Å². The Balaban J connectivity index is 1.70. The third-order valence-corrected chi connectivity index (χ3v) is 4.01. The molecule has 2 N–H and O–H groups in total. The minimum absolute atomic E-state index is 0.207. The summed E-state index contributed by atoms with van der Waals surface area (Å²) in [6, 6.07) is 14.1. The van der Waals surface area contributed by atoms with Gasteiger partial charge in [0.2, 0.25) is 0 Å². The molecule has 0 aromatic heterocycles. The van der Waals surface area contributed by atoms with E-state index < -0.39 is 17.7 Å². The first-order valence-electron chi connectivity index (χ1n) is 8.65. The van der Waals surface area contributed by atoms with Crippen molar-refractivity contribution in [2.45, 2.75) is 26.6 Å². The Labute approximate surface area is 162 Å². The standard InChI is InChI=1S/C21H20N2O5/c1-13-11-15(22-12-16-19(25)27-21(2,3)28-20(16)26)9-10-17(13)23-18(24)14-7-5-4-6-8-14/h4-12,22H,1-3H3,(H,23,24). The van der Waals surface area contributed by atoms with E-state index in [4.69, 9.17) is 9.47 Å². The minimum atomic E-state index is -1.28. The van der Waals surface area contributed by atoms with E-state index >= 15 is 0 Å². The van der Waals surface area contributed by atoms with Gasteiger partial charge in [-0.3, -0.25) is 4.79 Å². The molecule has 1 heterocycles. The normalized spacial score (nSPS) is 15.3. The van der Waals surface area contributed by atoms with E-state index in [0.717, 1.165) is 5.56 Å². The number of ether oxygens (including phenoxy) is 2. The van der Waals surface area contributed by atoms with Crippen LogP contribution in [-0.2, 0) is 19.1 Å². The number of hydrogen-bond acceptors (Lipinski definition) is 6. The Bertz CT molecular complexity index is 942. The predicted octanol–water partition coefficient (Wildman–Crippen LogP) is 3.38. The van der Waals surface area contributed by atoms with Crippen LogP contribution in [0.3, 0.4) is 0 Å². The zero-order valence-electron chi connectivity index (χ0n) is 15.7. The van der Waals surface area contributed by atoms with Crippen LogP contribution in [-0.4, -0.2) is 23.6 Å². The molecule has 28 heavy (non-hydrogen) atoms. The second-order valence-corrected chi connectivity index (χ2v) is 6.73. The lowest BCUT2D eigenvalue weighted by Crippen LogP contribution is -2.42. The molecule has 0 unspecified atom stereocenters. The van der Waals surface area contributed by atoms with Crippen molar-refractivity contribution < 1.29 is 23.9 Å². The fourth-order valence-corrected chi connectivity index (χ4v) is 2.61. The summed E-state index contributed by atoms with van der Waals surface area (Å²) in [6.45, 7) is 4.81. The van der Waals surface area contributed by atoms with Gasteiger partial charge in [-0.1, -0.05) is 18.2 Å². The van der Waals surface area contributed by atoms with Crippen molar-refractivity contribution in [3.63, 3.8) is 0 Å². The third-order valence-electron chi connectivity index (χ3n) is 4.01. The number of benzene rings is 2. The molecule has 0 saturated carbocycles. The smallest absolute Gasteiger partial charge is 0.350 e. The molecule has 1 saturated heterocycles. The maximum atomic E-state index is 12.3. The van der Waals surface area contributed by atoms with E-state index in [1.807, 2.05) is 13.0 Å². The molecule has 0 bridgehead atoms. The Kier molecular flexibility index (Phi) is 5.17. The highest BCUT2D eigenvalue weighted by Crippen LogP contribution is 2.24. The summed E-state index contributed by atoms with van der Waals surface area (Å²) >= 11 is 0. The van der Waals surface area contributed by atoms with E-state index in [2.05, 4.69) is 10.6 Å². The van der Waals surface area contributed by atoms with Crippen LogP contribution in [0.4, 0.5) is 11.4 Å². The molecule has 1 fully saturated rings. The summed E-state index contributed by atoms with van der Waals surface area (Å²) in [5.41, 5.74) is 2.44. The molecule has 1 aliphatic heterocycles. The van der Waals surface area contributed by atoms with Gasteiger partial charge in [-0.15, -0.1) is 0 Å². The maximum Gasteiger partial charge on any atom is 0.350 e. The minimum Gasteiger partial charge on any atom is -0.419 e. The van der Waals surface area contributed by atoms with Crippen molar-refractivity contribution in [2.24, 2.45) is 0 Å². The van der Waals surface area contributed by atoms with E-state index in [1.54, 1.807) is 42.5 Å². The van der Waals surface area contributed by atoms with Gasteiger partial charge >= 0.3 is 11.9 Å². The van der Waals surface area contributed by atoms with Gasteiger partial charge in [0.25, 0.3) is 11.7 Å². The van der Waals surface area contributed by atoms with Gasteiger partial charge in [0, 0.05) is 37.0 Å². The molecule has 7 heteroatoms. The van der Waals surface area contributed by atoms with Crippen LogP contribution in [0.2, 0.25) is 0 Å². The summed E-state index contributed by atoms with van der Waals surface area (Å²) in [6.07, 6.45) is 1.25. The Hall–Kier alpha value is -3.61. The van der Waals surface area contributed by atoms with Gasteiger partial charge in [-0.05, 0) is 42.8 Å². The molecule has 0 aliphatic carbocycles. The lowest BCUT2D eigenvalue weighted by atomic mass is 10.1. The highest BCUT2D eigenvalue weighted by molar-refractivity contribution is 6.15. The van der Waals surface area contributed by atoms with Gasteiger partial charge in [-0.25, -0.2) is 9.59 Å². The van der Waals surface area contributed by atoms with Crippen molar-refractivity contribution in [1.82, 2.24) is 0 Å². The van der Waals surface area contributed by atoms with Gasteiger partial charge in [0.15, 0.2) is 5.57 Å². The van der Waals surface area contributed by atoms with Gasteiger partial charge in [0.05, 0.1) is 0 Å². The molecule has 1 aliphatic rings. The Morgan fingerprint density at radius 3 is 2.25 bits per heavy atom. The van der Waals surface area contributed by atoms with Crippen LogP contribution in [0.5, 0.6) is 0 Å². The van der Waals surface area contributed by atoms with Gasteiger partial charge < -0.3 is 20.1 Å². The number of rotatable bonds is 4. The largest absolute Gasteiger partial charge is 0.419 e. The lowest BCUT2D eigenvalue weighted by molar-refractivity contribution is -0.222. The number of aryl methyl sites for hydroxylation is 1. The van der Waals surface area contributed by atoms with Crippen LogP contribution >= 0.6 is 0 Å². The summed E-state index contributed by atoms with van der Waals surface area (Å²) < 4.78 is 10.1. The highest BCUT2D eigenvalue weighted by Gasteiger charge is 2.38. The molecule has 1 amide bonds. The van der Waals surface area contributed by atoms with E-state index in [0.29, 0.717) is 16.9 Å². The Morgan fingerprint density at radius 2 is 1.64 bits per heavy atom. The molecule has 3 rings (SSSR count). The molecule has 0 atom stereocenters. The zero-order valence-corrected chi connectivity index (χ0v) is 15.7. The third kappa shape index (κ3) is 4.37. The topological polar surface area (TPSA) is 93.7 Å². The molecule has 144 valence electrons.